The zero-order chi connectivity index (χ0) is 20.4. The number of amides is 2. The van der Waals surface area contributed by atoms with Crippen molar-refractivity contribution >= 4 is 52.9 Å². The lowest BCUT2D eigenvalue weighted by Gasteiger charge is -2.12. The van der Waals surface area contributed by atoms with Crippen molar-refractivity contribution in [1.82, 2.24) is 0 Å². The number of anilines is 1. The van der Waals surface area contributed by atoms with Gasteiger partial charge in [0.15, 0.2) is 0 Å². The summed E-state index contributed by atoms with van der Waals surface area (Å²) in [5.74, 6) is -0.729. The highest BCUT2D eigenvalue weighted by atomic mass is 35.5. The maximum Gasteiger partial charge on any atom is 0.266 e. The zero-order valence-electron chi connectivity index (χ0n) is 15.2. The molecule has 142 valence electrons. The van der Waals surface area contributed by atoms with E-state index in [1.165, 1.54) is 4.90 Å². The van der Waals surface area contributed by atoms with Crippen LogP contribution in [-0.4, -0.2) is 11.8 Å². The van der Waals surface area contributed by atoms with Crippen LogP contribution < -0.4 is 4.90 Å². The second-order valence-electron chi connectivity index (χ2n) is 6.50. The number of para-hydroxylation sites is 1. The molecule has 3 nitrogen and oxygen atoms in total. The molecule has 0 unspecified atom stereocenters. The van der Waals surface area contributed by atoms with Gasteiger partial charge in [0.2, 0.25) is 0 Å². The fourth-order valence-electron chi connectivity index (χ4n) is 3.11. The van der Waals surface area contributed by atoms with Gasteiger partial charge in [0.05, 0.1) is 16.8 Å². The van der Waals surface area contributed by atoms with Crippen LogP contribution in [0.4, 0.5) is 5.69 Å². The number of carbonyl (C=O) groups is 2. The van der Waals surface area contributed by atoms with Gasteiger partial charge < -0.3 is 0 Å². The number of carbonyl (C=O) groups excluding carboxylic acids is 2. The van der Waals surface area contributed by atoms with Crippen molar-refractivity contribution in [3.8, 4) is 0 Å². The molecule has 3 aromatic carbocycles. The van der Waals surface area contributed by atoms with E-state index in [9.17, 15) is 9.59 Å². The molecule has 5 heteroatoms. The number of hydrogen-bond acceptors (Lipinski definition) is 2. The monoisotopic (exact) mass is 419 g/mol. The van der Waals surface area contributed by atoms with E-state index >= 15 is 0 Å². The summed E-state index contributed by atoms with van der Waals surface area (Å²) in [6.07, 6.45) is 3.42. The minimum absolute atomic E-state index is 0.330. The van der Waals surface area contributed by atoms with Crippen LogP contribution in [0.2, 0.25) is 10.0 Å². The van der Waals surface area contributed by atoms with Crippen molar-refractivity contribution in [3.05, 3.63) is 111 Å². The van der Waals surface area contributed by atoms with Crippen LogP contribution >= 0.6 is 23.2 Å². The molecule has 1 saturated heterocycles. The molecule has 1 aliphatic heterocycles. The summed E-state index contributed by atoms with van der Waals surface area (Å²) in [4.78, 5) is 27.6. The fourth-order valence-corrected chi connectivity index (χ4v) is 3.36. The Hall–Kier alpha value is -3.14. The molecule has 1 heterocycles. The van der Waals surface area contributed by atoms with Crippen molar-refractivity contribution in [2.45, 2.75) is 0 Å². The standard InChI is InChI=1S/C24H15Cl2NO2/c25-18-10-6-16(7-11-18)14-21-22(15-17-8-12-19(26)13-9-17)24(29)27(23(21)28)20-4-2-1-3-5-20/h1-15H/b21-14-,22-15+. The summed E-state index contributed by atoms with van der Waals surface area (Å²) in [5.41, 5.74) is 2.75. The molecule has 0 bridgehead atoms. The van der Waals surface area contributed by atoms with E-state index in [0.717, 1.165) is 11.1 Å². The van der Waals surface area contributed by atoms with Gasteiger partial charge in [-0.25, -0.2) is 4.90 Å². The Kier molecular flexibility index (Phi) is 5.34. The van der Waals surface area contributed by atoms with Crippen LogP contribution in [0, 0.1) is 0 Å². The summed E-state index contributed by atoms with van der Waals surface area (Å²) >= 11 is 11.9. The topological polar surface area (TPSA) is 37.4 Å². The van der Waals surface area contributed by atoms with Crippen molar-refractivity contribution in [2.24, 2.45) is 0 Å². The molecule has 0 spiro atoms. The number of halogens is 2. The van der Waals surface area contributed by atoms with E-state index in [4.69, 9.17) is 23.2 Å². The summed E-state index contributed by atoms with van der Waals surface area (Å²) in [7, 11) is 0. The Balaban J connectivity index is 1.84. The van der Waals surface area contributed by atoms with Crippen LogP contribution in [0.3, 0.4) is 0 Å². The molecular weight excluding hydrogens is 405 g/mol. The number of benzene rings is 3. The van der Waals surface area contributed by atoms with E-state index in [1.54, 1.807) is 84.9 Å². The lowest BCUT2D eigenvalue weighted by molar-refractivity contribution is -0.119. The summed E-state index contributed by atoms with van der Waals surface area (Å²) in [5, 5.41) is 1.20. The van der Waals surface area contributed by atoms with Crippen LogP contribution in [0.5, 0.6) is 0 Å². The van der Waals surface area contributed by atoms with Crippen molar-refractivity contribution in [1.29, 1.82) is 0 Å². The summed E-state index contributed by atoms with van der Waals surface area (Å²) < 4.78 is 0. The fraction of sp³-hybridized carbons (Fsp3) is 0. The van der Waals surface area contributed by atoms with E-state index in [2.05, 4.69) is 0 Å². The lowest BCUT2D eigenvalue weighted by Crippen LogP contribution is -2.29. The minimum atomic E-state index is -0.364. The molecule has 4 rings (SSSR count). The second-order valence-corrected chi connectivity index (χ2v) is 7.37. The average molecular weight is 420 g/mol. The molecule has 0 N–H and O–H groups in total. The summed E-state index contributed by atoms with van der Waals surface area (Å²) in [6.45, 7) is 0. The van der Waals surface area contributed by atoms with Crippen molar-refractivity contribution in [2.75, 3.05) is 4.90 Å². The summed E-state index contributed by atoms with van der Waals surface area (Å²) in [6, 6.07) is 23.1. The number of rotatable bonds is 3. The SMILES string of the molecule is O=C1C(=C\c2ccc(Cl)cc2)/C(=C\c2ccc(Cl)cc2)C(=O)N1c1ccccc1. The normalized spacial score (nSPS) is 16.8. The van der Waals surface area contributed by atoms with Gasteiger partial charge in [0.25, 0.3) is 11.8 Å². The minimum Gasteiger partial charge on any atom is -0.268 e. The van der Waals surface area contributed by atoms with Gasteiger partial charge in [-0.15, -0.1) is 0 Å². The highest BCUT2D eigenvalue weighted by molar-refractivity contribution is 6.39. The first-order valence-electron chi connectivity index (χ1n) is 8.92. The van der Waals surface area contributed by atoms with E-state index in [1.807, 2.05) is 6.07 Å². The first kappa shape index (κ1) is 19.2. The third-order valence-electron chi connectivity index (χ3n) is 4.53. The van der Waals surface area contributed by atoms with Gasteiger partial charge in [-0.2, -0.15) is 0 Å². The highest BCUT2D eigenvalue weighted by Gasteiger charge is 2.39. The lowest BCUT2D eigenvalue weighted by atomic mass is 10.0. The van der Waals surface area contributed by atoms with Gasteiger partial charge in [-0.1, -0.05) is 65.7 Å². The Morgan fingerprint density at radius 3 is 1.41 bits per heavy atom. The predicted octanol–water partition coefficient (Wildman–Crippen LogP) is 6.03. The smallest absolute Gasteiger partial charge is 0.266 e. The molecule has 29 heavy (non-hydrogen) atoms. The molecular formula is C24H15Cl2NO2. The maximum absolute atomic E-state index is 13.2. The molecule has 3 aromatic rings. The van der Waals surface area contributed by atoms with Crippen LogP contribution in [-0.2, 0) is 9.59 Å². The Morgan fingerprint density at radius 1 is 0.586 bits per heavy atom. The van der Waals surface area contributed by atoms with Crippen LogP contribution in [0.25, 0.3) is 12.2 Å². The molecule has 2 amide bonds. The predicted molar refractivity (Wildman–Crippen MR) is 118 cm³/mol. The maximum atomic E-state index is 13.2. The third-order valence-corrected chi connectivity index (χ3v) is 5.04. The van der Waals surface area contributed by atoms with Gasteiger partial charge in [-0.3, -0.25) is 9.59 Å². The van der Waals surface area contributed by atoms with E-state index in [-0.39, 0.29) is 11.8 Å². The Bertz CT molecular complexity index is 1060. The van der Waals surface area contributed by atoms with E-state index in [0.29, 0.717) is 26.9 Å². The van der Waals surface area contributed by atoms with Crippen LogP contribution in [0.15, 0.2) is 90.0 Å². The average Bonchev–Trinajstić information content (AvgIpc) is 2.96. The molecule has 0 aromatic heterocycles. The van der Waals surface area contributed by atoms with Crippen molar-refractivity contribution in [3.63, 3.8) is 0 Å². The molecule has 0 atom stereocenters. The first-order valence-corrected chi connectivity index (χ1v) is 9.67. The van der Waals surface area contributed by atoms with Crippen LogP contribution in [0.1, 0.15) is 11.1 Å². The van der Waals surface area contributed by atoms with Crippen molar-refractivity contribution < 1.29 is 9.59 Å². The molecule has 0 aliphatic carbocycles. The van der Waals surface area contributed by atoms with Gasteiger partial charge in [0, 0.05) is 10.0 Å². The third kappa shape index (κ3) is 4.02. The first-order chi connectivity index (χ1) is 14.0. The molecule has 0 saturated carbocycles. The molecule has 1 aliphatic rings. The second kappa shape index (κ2) is 8.08. The number of nitrogens with zero attached hydrogens (tertiary/aromatic N) is 1. The Labute approximate surface area is 178 Å². The van der Waals surface area contributed by atoms with Gasteiger partial charge in [0.1, 0.15) is 0 Å². The number of hydrogen-bond donors (Lipinski definition) is 0. The van der Waals surface area contributed by atoms with Gasteiger partial charge in [-0.05, 0) is 59.7 Å². The Morgan fingerprint density at radius 2 is 1.00 bits per heavy atom. The van der Waals surface area contributed by atoms with Gasteiger partial charge >= 0.3 is 0 Å². The molecule has 1 fully saturated rings. The van der Waals surface area contributed by atoms with E-state index < -0.39 is 0 Å². The highest BCUT2D eigenvalue weighted by Crippen LogP contribution is 2.33. The molecule has 0 radical (unpaired) electrons. The quantitative estimate of drug-likeness (QED) is 0.383. The number of imide groups is 1. The largest absolute Gasteiger partial charge is 0.268 e. The zero-order valence-corrected chi connectivity index (χ0v) is 16.7.